The summed E-state index contributed by atoms with van der Waals surface area (Å²) in [6, 6.07) is 0. The van der Waals surface area contributed by atoms with Crippen molar-refractivity contribution in [3.8, 4) is 0 Å². The normalized spacial score (nSPS) is 22.5. The Morgan fingerprint density at radius 2 is 0.900 bits per heavy atom. The number of ether oxygens (including phenoxy) is 2. The first-order chi connectivity index (χ1) is 28.9. The second-order valence-electron chi connectivity index (χ2n) is 16.3. The highest BCUT2D eigenvalue weighted by Crippen LogP contribution is 2.47. The minimum atomic E-state index is -5.13. The quantitative estimate of drug-likeness (QED) is 0.0148. The van der Waals surface area contributed by atoms with Gasteiger partial charge in [0.1, 0.15) is 43.2 Å². The summed E-state index contributed by atoms with van der Waals surface area (Å²) in [5, 5.41) is 50.1. The molecule has 0 radical (unpaired) electrons. The summed E-state index contributed by atoms with van der Waals surface area (Å²) in [7, 11) is -5.13. The van der Waals surface area contributed by atoms with E-state index in [1.807, 2.05) is 0 Å². The Bertz CT molecular complexity index is 1190. The molecule has 6 unspecified atom stereocenters. The lowest BCUT2D eigenvalue weighted by Gasteiger charge is -2.41. The van der Waals surface area contributed by atoms with E-state index in [2.05, 4.69) is 50.3 Å². The van der Waals surface area contributed by atoms with Gasteiger partial charge in [-0.1, -0.05) is 159 Å². The van der Waals surface area contributed by atoms with Gasteiger partial charge in [-0.2, -0.15) is 0 Å². The highest BCUT2D eigenvalue weighted by Gasteiger charge is 2.51. The van der Waals surface area contributed by atoms with Crippen molar-refractivity contribution in [2.45, 2.75) is 230 Å². The average Bonchev–Trinajstić information content (AvgIpc) is 3.23. The minimum Gasteiger partial charge on any atom is -0.462 e. The van der Waals surface area contributed by atoms with E-state index in [0.29, 0.717) is 12.8 Å². The lowest BCUT2D eigenvalue weighted by atomic mass is 9.85. The maximum atomic E-state index is 12.8. The van der Waals surface area contributed by atoms with Crippen LogP contribution in [0.4, 0.5) is 0 Å². The highest BCUT2D eigenvalue weighted by atomic mass is 31.2. The molecule has 0 amide bonds. The number of unbranched alkanes of at least 4 members (excludes halogenated alkanes) is 20. The Labute approximate surface area is 361 Å². The number of hydrogen-bond donors (Lipinski definition) is 6. The van der Waals surface area contributed by atoms with Crippen molar-refractivity contribution in [2.75, 3.05) is 13.2 Å². The van der Waals surface area contributed by atoms with Crippen molar-refractivity contribution in [2.24, 2.45) is 0 Å². The zero-order chi connectivity index (χ0) is 44.3. The molecule has 13 nitrogen and oxygen atoms in total. The van der Waals surface area contributed by atoms with Gasteiger partial charge in [0, 0.05) is 12.8 Å². The molecule has 0 aliphatic heterocycles. The number of aliphatic hydroxyl groups excluding tert-OH is 5. The predicted octanol–water partition coefficient (Wildman–Crippen LogP) is 9.00. The molecular weight excluding hydrogens is 791 g/mol. The third kappa shape index (κ3) is 28.6. The summed E-state index contributed by atoms with van der Waals surface area (Å²) >= 11 is 0. The van der Waals surface area contributed by atoms with E-state index in [-0.39, 0.29) is 12.8 Å². The third-order valence-electron chi connectivity index (χ3n) is 10.7. The maximum absolute atomic E-state index is 12.8. The van der Waals surface area contributed by atoms with Crippen LogP contribution in [0.1, 0.15) is 187 Å². The van der Waals surface area contributed by atoms with Gasteiger partial charge in [0.15, 0.2) is 6.10 Å². The van der Waals surface area contributed by atoms with Gasteiger partial charge >= 0.3 is 19.8 Å². The molecular formula is C46H83O13P. The molecule has 60 heavy (non-hydrogen) atoms. The highest BCUT2D eigenvalue weighted by molar-refractivity contribution is 7.47. The van der Waals surface area contributed by atoms with Crippen LogP contribution in [0.15, 0.2) is 36.5 Å². The van der Waals surface area contributed by atoms with Crippen LogP contribution in [0, 0.1) is 0 Å². The second-order valence-corrected chi connectivity index (χ2v) is 17.7. The Morgan fingerprint density at radius 3 is 1.40 bits per heavy atom. The SMILES string of the molecule is CCCCC/C=C\C/C=C\C/C=C\CCCCC(=O)O[C@H](COC(=O)CCCCCCCCCCCCCCCCCC)COP(=O)(O)OC1C(O)C(O)C(O)[C@@H](O)C1O. The zero-order valence-electron chi connectivity index (χ0n) is 37.0. The summed E-state index contributed by atoms with van der Waals surface area (Å²) in [6.45, 7) is 3.24. The molecule has 0 spiro atoms. The van der Waals surface area contributed by atoms with E-state index < -0.39 is 75.7 Å². The number of rotatable bonds is 38. The van der Waals surface area contributed by atoms with Crippen LogP contribution in [0.5, 0.6) is 0 Å². The van der Waals surface area contributed by atoms with Gasteiger partial charge in [0.05, 0.1) is 6.61 Å². The van der Waals surface area contributed by atoms with Crippen LogP contribution in [-0.2, 0) is 32.7 Å². The fraction of sp³-hybridized carbons (Fsp3) is 0.826. The van der Waals surface area contributed by atoms with Crippen molar-refractivity contribution in [3.05, 3.63) is 36.5 Å². The van der Waals surface area contributed by atoms with E-state index in [1.165, 1.54) is 96.3 Å². The standard InChI is InChI=1S/C46H83O13P/c1-3-5-7-9-11-13-15-17-19-21-22-24-26-28-30-32-34-39(47)56-36-38(37-57-60(54,55)59-46-44(52)42(50)41(49)43(51)45(46)53)58-40(48)35-33-31-29-27-25-23-20-18-16-14-12-10-8-6-4-2/h12,14,18,20,25,27,38,41-46,49-53H,3-11,13,15-17,19,21-24,26,28-37H2,1-2H3,(H,54,55)/b14-12-,20-18-,27-25-/t38-,41?,42-,43?,44?,45?,46?/m1/s1. The zero-order valence-corrected chi connectivity index (χ0v) is 37.9. The molecule has 0 aromatic heterocycles. The molecule has 0 saturated heterocycles. The average molecular weight is 875 g/mol. The van der Waals surface area contributed by atoms with Crippen LogP contribution in [-0.4, -0.2) is 98.3 Å². The van der Waals surface area contributed by atoms with Crippen molar-refractivity contribution in [3.63, 3.8) is 0 Å². The number of carbonyl (C=O) groups is 2. The van der Waals surface area contributed by atoms with Crippen molar-refractivity contribution in [1.29, 1.82) is 0 Å². The van der Waals surface area contributed by atoms with E-state index in [0.717, 1.165) is 51.4 Å². The molecule has 1 rings (SSSR count). The Hall–Kier alpha value is -1.93. The number of phosphoric acid groups is 1. The number of esters is 2. The van der Waals surface area contributed by atoms with E-state index in [4.69, 9.17) is 18.5 Å². The number of phosphoric ester groups is 1. The van der Waals surface area contributed by atoms with Gasteiger partial charge in [0.2, 0.25) is 0 Å². The molecule has 1 fully saturated rings. The third-order valence-corrected chi connectivity index (χ3v) is 11.7. The summed E-state index contributed by atoms with van der Waals surface area (Å²) < 4.78 is 33.5. The van der Waals surface area contributed by atoms with Crippen LogP contribution < -0.4 is 0 Å². The largest absolute Gasteiger partial charge is 0.472 e. The van der Waals surface area contributed by atoms with Crippen molar-refractivity contribution >= 4 is 19.8 Å². The first-order valence-corrected chi connectivity index (χ1v) is 24.8. The van der Waals surface area contributed by atoms with E-state index >= 15 is 0 Å². The monoisotopic (exact) mass is 875 g/mol. The molecule has 350 valence electrons. The molecule has 0 bridgehead atoms. The van der Waals surface area contributed by atoms with Crippen molar-refractivity contribution < 1.29 is 63.1 Å². The van der Waals surface area contributed by atoms with Crippen LogP contribution in [0.2, 0.25) is 0 Å². The second kappa shape index (κ2) is 36.5. The molecule has 1 aliphatic rings. The van der Waals surface area contributed by atoms with Crippen LogP contribution in [0.25, 0.3) is 0 Å². The maximum Gasteiger partial charge on any atom is 0.472 e. The smallest absolute Gasteiger partial charge is 0.462 e. The fourth-order valence-corrected chi connectivity index (χ4v) is 7.91. The Balaban J connectivity index is 2.48. The first-order valence-electron chi connectivity index (χ1n) is 23.3. The summed E-state index contributed by atoms with van der Waals surface area (Å²) in [5.41, 5.74) is 0. The molecule has 14 heteroatoms. The molecule has 8 atom stereocenters. The topological polar surface area (TPSA) is 210 Å². The lowest BCUT2D eigenvalue weighted by molar-refractivity contribution is -0.220. The molecule has 1 aliphatic carbocycles. The predicted molar refractivity (Wildman–Crippen MR) is 235 cm³/mol. The molecule has 6 N–H and O–H groups in total. The fourth-order valence-electron chi connectivity index (χ4n) is 6.94. The number of hydrogen-bond acceptors (Lipinski definition) is 12. The van der Waals surface area contributed by atoms with E-state index in [1.54, 1.807) is 0 Å². The molecule has 1 saturated carbocycles. The van der Waals surface area contributed by atoms with Gasteiger partial charge in [-0.3, -0.25) is 18.6 Å². The molecule has 0 aromatic carbocycles. The number of carbonyl (C=O) groups excluding carboxylic acids is 2. The first kappa shape index (κ1) is 56.1. The summed E-state index contributed by atoms with van der Waals surface area (Å²) in [5.74, 6) is -1.14. The summed E-state index contributed by atoms with van der Waals surface area (Å²) in [4.78, 5) is 35.7. The van der Waals surface area contributed by atoms with Gasteiger partial charge in [0.25, 0.3) is 0 Å². The Kier molecular flexibility index (Phi) is 34.2. The summed E-state index contributed by atoms with van der Waals surface area (Å²) in [6.07, 6.45) is 27.7. The van der Waals surface area contributed by atoms with Crippen LogP contribution in [0.3, 0.4) is 0 Å². The molecule has 0 aromatic rings. The minimum absolute atomic E-state index is 0.0494. The number of aliphatic hydroxyl groups is 5. The van der Waals surface area contributed by atoms with Gasteiger partial charge in [-0.15, -0.1) is 0 Å². The van der Waals surface area contributed by atoms with Crippen molar-refractivity contribution in [1.82, 2.24) is 0 Å². The number of allylic oxidation sites excluding steroid dienone is 6. The van der Waals surface area contributed by atoms with Gasteiger partial charge in [-0.25, -0.2) is 4.57 Å². The molecule has 0 heterocycles. The van der Waals surface area contributed by atoms with Gasteiger partial charge in [-0.05, 0) is 51.4 Å². The van der Waals surface area contributed by atoms with Crippen LogP contribution >= 0.6 is 7.82 Å². The van der Waals surface area contributed by atoms with E-state index in [9.17, 15) is 44.6 Å². The lowest BCUT2D eigenvalue weighted by Crippen LogP contribution is -2.64. The Morgan fingerprint density at radius 1 is 0.517 bits per heavy atom. The van der Waals surface area contributed by atoms with Gasteiger partial charge < -0.3 is 39.9 Å².